The van der Waals surface area contributed by atoms with Crippen molar-refractivity contribution < 1.29 is 18.0 Å². The molecule has 4 aromatic carbocycles. The highest BCUT2D eigenvalue weighted by atomic mass is 35.5. The van der Waals surface area contributed by atoms with E-state index in [9.17, 15) is 18.0 Å². The molecule has 1 aliphatic carbocycles. The molecule has 0 radical (unpaired) electrons. The number of benzene rings is 4. The molecule has 0 aromatic heterocycles. The Morgan fingerprint density at radius 1 is 0.783 bits per heavy atom. The van der Waals surface area contributed by atoms with Crippen LogP contribution in [0.25, 0.3) is 0 Å². The summed E-state index contributed by atoms with van der Waals surface area (Å²) in [7, 11) is -4.22. The van der Waals surface area contributed by atoms with Crippen LogP contribution in [0, 0.1) is 0 Å². The Balaban J connectivity index is 1.57. The lowest BCUT2D eigenvalue weighted by molar-refractivity contribution is -0.140. The van der Waals surface area contributed by atoms with Gasteiger partial charge in [-0.25, -0.2) is 8.42 Å². The standard InChI is InChI=1S/C35H34Cl3N3O4S/c36-27-12-9-15-29(22-27)41(46(44,45)30-16-5-2-6-17-30)24-34(42)40(23-26-18-19-31(37)32(38)20-26)33(21-25-10-3-1-4-11-25)35(43)39-28-13-7-8-14-28/h1-6,9-12,15-20,22,28,33H,7-8,13-14,21,23-24H2,(H,39,43)/t33-/m1/s1. The Morgan fingerprint density at radius 3 is 2.11 bits per heavy atom. The van der Waals surface area contributed by atoms with E-state index in [0.29, 0.717) is 20.6 Å². The first-order valence-corrected chi connectivity index (χ1v) is 17.6. The van der Waals surface area contributed by atoms with Crippen LogP contribution in [-0.4, -0.2) is 43.8 Å². The second-order valence-electron chi connectivity index (χ2n) is 11.3. The quantitative estimate of drug-likeness (QED) is 0.166. The molecule has 0 spiro atoms. The maximum atomic E-state index is 14.6. The largest absolute Gasteiger partial charge is 0.352 e. The van der Waals surface area contributed by atoms with E-state index in [-0.39, 0.29) is 35.5 Å². The van der Waals surface area contributed by atoms with Gasteiger partial charge in [0.15, 0.2) is 0 Å². The van der Waals surface area contributed by atoms with Crippen molar-refractivity contribution in [2.75, 3.05) is 10.8 Å². The van der Waals surface area contributed by atoms with Crippen LogP contribution in [0.1, 0.15) is 36.8 Å². The van der Waals surface area contributed by atoms with Crippen molar-refractivity contribution >= 4 is 62.3 Å². The molecule has 5 rings (SSSR count). The number of nitrogens with one attached hydrogen (secondary N) is 1. The van der Waals surface area contributed by atoms with Gasteiger partial charge in [-0.15, -0.1) is 0 Å². The maximum Gasteiger partial charge on any atom is 0.264 e. The number of hydrogen-bond acceptors (Lipinski definition) is 4. The Bertz CT molecular complexity index is 1770. The monoisotopic (exact) mass is 697 g/mol. The van der Waals surface area contributed by atoms with E-state index in [1.54, 1.807) is 54.6 Å². The maximum absolute atomic E-state index is 14.6. The SMILES string of the molecule is O=C(NC1CCCC1)[C@@H](Cc1ccccc1)N(Cc1ccc(Cl)c(Cl)c1)C(=O)CN(c1cccc(Cl)c1)S(=O)(=O)c1ccccc1. The number of carbonyl (C=O) groups is 2. The zero-order chi connectivity index (χ0) is 32.7. The molecule has 0 saturated heterocycles. The molecule has 1 fully saturated rings. The number of rotatable bonds is 12. The van der Waals surface area contributed by atoms with Crippen molar-refractivity contribution in [3.63, 3.8) is 0 Å². The van der Waals surface area contributed by atoms with E-state index in [0.717, 1.165) is 35.6 Å². The minimum atomic E-state index is -4.22. The molecule has 0 heterocycles. The summed E-state index contributed by atoms with van der Waals surface area (Å²) in [4.78, 5) is 30.1. The third kappa shape index (κ3) is 8.42. The Hall–Kier alpha value is -3.56. The smallest absolute Gasteiger partial charge is 0.264 e. The number of anilines is 1. The molecule has 2 amide bonds. The Morgan fingerprint density at radius 2 is 1.46 bits per heavy atom. The second-order valence-corrected chi connectivity index (χ2v) is 14.4. The minimum Gasteiger partial charge on any atom is -0.352 e. The highest BCUT2D eigenvalue weighted by Crippen LogP contribution is 2.28. The van der Waals surface area contributed by atoms with Gasteiger partial charge in [0, 0.05) is 24.0 Å². The van der Waals surface area contributed by atoms with Crippen LogP contribution in [0.15, 0.2) is 108 Å². The van der Waals surface area contributed by atoms with Gasteiger partial charge in [-0.1, -0.05) is 108 Å². The van der Waals surface area contributed by atoms with Crippen LogP contribution < -0.4 is 9.62 Å². The fourth-order valence-electron chi connectivity index (χ4n) is 5.64. The summed E-state index contributed by atoms with van der Waals surface area (Å²) in [6, 6.07) is 27.7. The highest BCUT2D eigenvalue weighted by molar-refractivity contribution is 7.92. The topological polar surface area (TPSA) is 86.8 Å². The van der Waals surface area contributed by atoms with Crippen molar-refractivity contribution in [2.24, 2.45) is 0 Å². The van der Waals surface area contributed by atoms with Crippen LogP contribution in [0.2, 0.25) is 15.1 Å². The number of amides is 2. The number of hydrogen-bond donors (Lipinski definition) is 1. The minimum absolute atomic E-state index is 0.00844. The molecule has 0 aliphatic heterocycles. The summed E-state index contributed by atoms with van der Waals surface area (Å²) in [5.41, 5.74) is 1.70. The van der Waals surface area contributed by atoms with Crippen LogP contribution in [-0.2, 0) is 32.6 Å². The second kappa shape index (κ2) is 15.4. The lowest BCUT2D eigenvalue weighted by atomic mass is 10.0. The highest BCUT2D eigenvalue weighted by Gasteiger charge is 2.35. The molecule has 4 aromatic rings. The first kappa shape index (κ1) is 33.8. The molecule has 1 saturated carbocycles. The molecule has 240 valence electrons. The van der Waals surface area contributed by atoms with Crippen molar-refractivity contribution in [2.45, 2.75) is 55.6 Å². The molecule has 1 atom stereocenters. The lowest BCUT2D eigenvalue weighted by Gasteiger charge is -2.34. The van der Waals surface area contributed by atoms with Crippen LogP contribution >= 0.6 is 34.8 Å². The predicted molar refractivity (Wildman–Crippen MR) is 184 cm³/mol. The number of carbonyl (C=O) groups excluding carboxylic acids is 2. The van der Waals surface area contributed by atoms with Gasteiger partial charge in [0.2, 0.25) is 11.8 Å². The zero-order valence-corrected chi connectivity index (χ0v) is 28.1. The van der Waals surface area contributed by atoms with E-state index in [1.165, 1.54) is 23.1 Å². The average Bonchev–Trinajstić information content (AvgIpc) is 3.57. The Labute approximate surface area is 285 Å². The number of nitrogens with zero attached hydrogens (tertiary/aromatic N) is 2. The lowest BCUT2D eigenvalue weighted by Crippen LogP contribution is -2.54. The van der Waals surface area contributed by atoms with Crippen molar-refractivity contribution in [3.05, 3.63) is 129 Å². The van der Waals surface area contributed by atoms with Crippen LogP contribution in [0.5, 0.6) is 0 Å². The fraction of sp³-hybridized carbons (Fsp3) is 0.257. The van der Waals surface area contributed by atoms with E-state index in [1.807, 2.05) is 30.3 Å². The van der Waals surface area contributed by atoms with Crippen LogP contribution in [0.4, 0.5) is 5.69 Å². The number of sulfonamides is 1. The van der Waals surface area contributed by atoms with Gasteiger partial charge in [0.05, 0.1) is 20.6 Å². The number of halogens is 3. The molecule has 7 nitrogen and oxygen atoms in total. The van der Waals surface area contributed by atoms with Crippen molar-refractivity contribution in [1.29, 1.82) is 0 Å². The summed E-state index contributed by atoms with van der Waals surface area (Å²) in [6.07, 6.45) is 3.98. The third-order valence-electron chi connectivity index (χ3n) is 8.02. The van der Waals surface area contributed by atoms with Gasteiger partial charge in [0.1, 0.15) is 12.6 Å². The summed E-state index contributed by atoms with van der Waals surface area (Å²) in [6.45, 7) is -0.596. The zero-order valence-electron chi connectivity index (χ0n) is 25.0. The van der Waals surface area contributed by atoms with Gasteiger partial charge in [-0.3, -0.25) is 13.9 Å². The summed E-state index contributed by atoms with van der Waals surface area (Å²) in [5.74, 6) is -0.877. The van der Waals surface area contributed by atoms with Crippen LogP contribution in [0.3, 0.4) is 0 Å². The molecular weight excluding hydrogens is 665 g/mol. The van der Waals surface area contributed by atoms with Gasteiger partial charge in [-0.2, -0.15) is 0 Å². The van der Waals surface area contributed by atoms with Crippen molar-refractivity contribution in [1.82, 2.24) is 10.2 Å². The molecule has 0 bridgehead atoms. The molecule has 46 heavy (non-hydrogen) atoms. The predicted octanol–water partition coefficient (Wildman–Crippen LogP) is 7.54. The first-order chi connectivity index (χ1) is 22.1. The molecule has 1 N–H and O–H groups in total. The van der Waals surface area contributed by atoms with E-state index >= 15 is 0 Å². The Kier molecular flexibility index (Phi) is 11.3. The fourth-order valence-corrected chi connectivity index (χ4v) is 7.57. The van der Waals surface area contributed by atoms with Gasteiger partial charge in [-0.05, 0) is 66.4 Å². The molecule has 0 unspecified atom stereocenters. The van der Waals surface area contributed by atoms with Gasteiger partial charge in [0.25, 0.3) is 10.0 Å². The summed E-state index contributed by atoms with van der Waals surface area (Å²) in [5, 5.41) is 4.12. The molecule has 11 heteroatoms. The summed E-state index contributed by atoms with van der Waals surface area (Å²) >= 11 is 18.8. The van der Waals surface area contributed by atoms with Gasteiger partial charge < -0.3 is 10.2 Å². The van der Waals surface area contributed by atoms with E-state index < -0.39 is 28.5 Å². The summed E-state index contributed by atoms with van der Waals surface area (Å²) < 4.78 is 29.2. The third-order valence-corrected chi connectivity index (χ3v) is 10.8. The molecular formula is C35H34Cl3N3O4S. The van der Waals surface area contributed by atoms with Gasteiger partial charge >= 0.3 is 0 Å². The van der Waals surface area contributed by atoms with E-state index in [2.05, 4.69) is 5.32 Å². The normalized spacial score (nSPS) is 14.1. The van der Waals surface area contributed by atoms with Crippen molar-refractivity contribution in [3.8, 4) is 0 Å². The first-order valence-electron chi connectivity index (χ1n) is 15.0. The molecule has 1 aliphatic rings. The van der Waals surface area contributed by atoms with E-state index in [4.69, 9.17) is 34.8 Å². The average molecular weight is 699 g/mol.